The van der Waals surface area contributed by atoms with E-state index in [1.54, 1.807) is 25.1 Å². The molecular formula is C12H17NO3. The number of hydrogen-bond donors (Lipinski definition) is 1. The molecule has 1 aromatic rings. The lowest BCUT2D eigenvalue weighted by atomic mass is 10.0. The number of nitrogens with zero attached hydrogens (tertiary/aromatic N) is 1. The van der Waals surface area contributed by atoms with E-state index in [1.165, 1.54) is 7.11 Å². The molecule has 0 saturated carbocycles. The van der Waals surface area contributed by atoms with E-state index >= 15 is 0 Å². The Morgan fingerprint density at radius 1 is 1.44 bits per heavy atom. The standard InChI is InChI=1S/C12H17NO3/c1-8(14)10-7-9(12(15)16-4)5-6-11(10)13(2)3/h5-8,14H,1-4H3/t8-/m0/s1. The molecule has 0 fully saturated rings. The van der Waals surface area contributed by atoms with E-state index in [1.807, 2.05) is 19.0 Å². The summed E-state index contributed by atoms with van der Waals surface area (Å²) >= 11 is 0. The van der Waals surface area contributed by atoms with Gasteiger partial charge in [0.25, 0.3) is 0 Å². The summed E-state index contributed by atoms with van der Waals surface area (Å²) in [6, 6.07) is 5.15. The van der Waals surface area contributed by atoms with Crippen molar-refractivity contribution in [2.24, 2.45) is 0 Å². The maximum Gasteiger partial charge on any atom is 0.337 e. The maximum atomic E-state index is 11.4. The Kier molecular flexibility index (Phi) is 3.90. The fraction of sp³-hybridized carbons (Fsp3) is 0.417. The molecule has 1 rings (SSSR count). The van der Waals surface area contributed by atoms with Crippen molar-refractivity contribution in [2.75, 3.05) is 26.1 Å². The number of rotatable bonds is 3. The van der Waals surface area contributed by atoms with Crippen LogP contribution in [0.1, 0.15) is 28.9 Å². The lowest BCUT2D eigenvalue weighted by Crippen LogP contribution is -2.13. The number of hydrogen-bond acceptors (Lipinski definition) is 4. The van der Waals surface area contributed by atoms with E-state index < -0.39 is 12.1 Å². The highest BCUT2D eigenvalue weighted by Gasteiger charge is 2.13. The predicted octanol–water partition coefficient (Wildman–Crippen LogP) is 1.59. The first-order chi connectivity index (χ1) is 7.47. The van der Waals surface area contributed by atoms with Crippen molar-refractivity contribution in [1.82, 2.24) is 0 Å². The Balaban J connectivity index is 3.22. The molecule has 0 aliphatic carbocycles. The Bertz CT molecular complexity index is 386. The predicted molar refractivity (Wildman–Crippen MR) is 62.7 cm³/mol. The van der Waals surface area contributed by atoms with Crippen LogP contribution >= 0.6 is 0 Å². The van der Waals surface area contributed by atoms with Crippen molar-refractivity contribution >= 4 is 11.7 Å². The quantitative estimate of drug-likeness (QED) is 0.791. The average Bonchev–Trinajstić information content (AvgIpc) is 2.26. The molecule has 4 heteroatoms. The summed E-state index contributed by atoms with van der Waals surface area (Å²) in [5, 5.41) is 9.65. The van der Waals surface area contributed by atoms with Gasteiger partial charge in [0.2, 0.25) is 0 Å². The fourth-order valence-electron chi connectivity index (χ4n) is 1.54. The molecule has 4 nitrogen and oxygen atoms in total. The van der Waals surface area contributed by atoms with Gasteiger partial charge in [0, 0.05) is 25.3 Å². The van der Waals surface area contributed by atoms with Gasteiger partial charge in [-0.25, -0.2) is 4.79 Å². The largest absolute Gasteiger partial charge is 0.465 e. The van der Waals surface area contributed by atoms with Crippen molar-refractivity contribution in [1.29, 1.82) is 0 Å². The van der Waals surface area contributed by atoms with Gasteiger partial charge < -0.3 is 14.7 Å². The number of aliphatic hydroxyl groups is 1. The highest BCUT2D eigenvalue weighted by molar-refractivity contribution is 5.90. The van der Waals surface area contributed by atoms with Gasteiger partial charge in [-0.2, -0.15) is 0 Å². The van der Waals surface area contributed by atoms with Crippen LogP contribution in [0.5, 0.6) is 0 Å². The Morgan fingerprint density at radius 3 is 2.50 bits per heavy atom. The van der Waals surface area contributed by atoms with Gasteiger partial charge in [0.05, 0.1) is 18.8 Å². The minimum atomic E-state index is -0.623. The van der Waals surface area contributed by atoms with Crippen molar-refractivity contribution in [3.8, 4) is 0 Å². The third-order valence-corrected chi connectivity index (χ3v) is 2.38. The summed E-state index contributed by atoms with van der Waals surface area (Å²) in [6.07, 6.45) is -0.623. The number of carbonyl (C=O) groups excluding carboxylic acids is 1. The molecule has 0 radical (unpaired) electrons. The second-order valence-electron chi connectivity index (χ2n) is 3.84. The Hall–Kier alpha value is -1.55. The summed E-state index contributed by atoms with van der Waals surface area (Å²) in [6.45, 7) is 1.67. The van der Waals surface area contributed by atoms with Crippen LogP contribution in [0, 0.1) is 0 Å². The van der Waals surface area contributed by atoms with Crippen LogP contribution in [0.25, 0.3) is 0 Å². The monoisotopic (exact) mass is 223 g/mol. The normalized spacial score (nSPS) is 12.1. The molecule has 1 aromatic carbocycles. The third kappa shape index (κ3) is 2.52. The SMILES string of the molecule is COC(=O)c1ccc(N(C)C)c([C@H](C)O)c1. The number of ether oxygens (including phenoxy) is 1. The van der Waals surface area contributed by atoms with Crippen LogP contribution in [0.2, 0.25) is 0 Å². The van der Waals surface area contributed by atoms with Crippen LogP contribution in [0.4, 0.5) is 5.69 Å². The zero-order valence-electron chi connectivity index (χ0n) is 10.0. The molecule has 0 spiro atoms. The number of benzene rings is 1. The van der Waals surface area contributed by atoms with E-state index in [4.69, 9.17) is 0 Å². The average molecular weight is 223 g/mol. The number of methoxy groups -OCH3 is 1. The molecular weight excluding hydrogens is 206 g/mol. The van der Waals surface area contributed by atoms with Crippen molar-refractivity contribution in [2.45, 2.75) is 13.0 Å². The summed E-state index contributed by atoms with van der Waals surface area (Å²) in [7, 11) is 5.11. The van der Waals surface area contributed by atoms with E-state index in [9.17, 15) is 9.90 Å². The minimum Gasteiger partial charge on any atom is -0.465 e. The molecule has 0 unspecified atom stereocenters. The van der Waals surface area contributed by atoms with Crippen molar-refractivity contribution in [3.05, 3.63) is 29.3 Å². The van der Waals surface area contributed by atoms with E-state index in [2.05, 4.69) is 4.74 Å². The second kappa shape index (κ2) is 4.99. The molecule has 0 saturated heterocycles. The van der Waals surface area contributed by atoms with E-state index in [-0.39, 0.29) is 0 Å². The summed E-state index contributed by atoms with van der Waals surface area (Å²) in [5.41, 5.74) is 2.06. The van der Waals surface area contributed by atoms with Gasteiger partial charge >= 0.3 is 5.97 Å². The van der Waals surface area contributed by atoms with E-state index in [0.29, 0.717) is 11.1 Å². The van der Waals surface area contributed by atoms with E-state index in [0.717, 1.165) is 5.69 Å². The van der Waals surface area contributed by atoms with Crippen LogP contribution in [-0.4, -0.2) is 32.3 Å². The molecule has 0 aliphatic heterocycles. The van der Waals surface area contributed by atoms with Crippen molar-refractivity contribution < 1.29 is 14.6 Å². The first-order valence-electron chi connectivity index (χ1n) is 5.05. The molecule has 0 aliphatic rings. The zero-order valence-corrected chi connectivity index (χ0v) is 10.0. The number of carbonyl (C=O) groups is 1. The zero-order chi connectivity index (χ0) is 12.3. The van der Waals surface area contributed by atoms with Gasteiger partial charge in [-0.15, -0.1) is 0 Å². The Labute approximate surface area is 95.5 Å². The van der Waals surface area contributed by atoms with Gasteiger partial charge in [-0.05, 0) is 25.1 Å². The fourth-order valence-corrected chi connectivity index (χ4v) is 1.54. The first kappa shape index (κ1) is 12.5. The van der Waals surface area contributed by atoms with Gasteiger partial charge in [0.1, 0.15) is 0 Å². The highest BCUT2D eigenvalue weighted by atomic mass is 16.5. The van der Waals surface area contributed by atoms with Crippen LogP contribution in [-0.2, 0) is 4.74 Å². The number of anilines is 1. The lowest BCUT2D eigenvalue weighted by molar-refractivity contribution is 0.0600. The Morgan fingerprint density at radius 2 is 2.06 bits per heavy atom. The molecule has 0 heterocycles. The smallest absolute Gasteiger partial charge is 0.337 e. The molecule has 0 aromatic heterocycles. The molecule has 0 amide bonds. The van der Waals surface area contributed by atoms with Crippen LogP contribution in [0.3, 0.4) is 0 Å². The number of esters is 1. The first-order valence-corrected chi connectivity index (χ1v) is 5.05. The summed E-state index contributed by atoms with van der Waals surface area (Å²) in [5.74, 6) is -0.396. The third-order valence-electron chi connectivity index (χ3n) is 2.38. The minimum absolute atomic E-state index is 0.396. The highest BCUT2D eigenvalue weighted by Crippen LogP contribution is 2.26. The molecule has 88 valence electrons. The summed E-state index contributed by atoms with van der Waals surface area (Å²) in [4.78, 5) is 13.2. The molecule has 16 heavy (non-hydrogen) atoms. The summed E-state index contributed by atoms with van der Waals surface area (Å²) < 4.78 is 4.64. The van der Waals surface area contributed by atoms with Gasteiger partial charge in [-0.1, -0.05) is 0 Å². The lowest BCUT2D eigenvalue weighted by Gasteiger charge is -2.19. The molecule has 1 N–H and O–H groups in total. The second-order valence-corrected chi connectivity index (χ2v) is 3.84. The van der Waals surface area contributed by atoms with Gasteiger partial charge in [-0.3, -0.25) is 0 Å². The topological polar surface area (TPSA) is 49.8 Å². The maximum absolute atomic E-state index is 11.4. The molecule has 0 bridgehead atoms. The number of aliphatic hydroxyl groups excluding tert-OH is 1. The van der Waals surface area contributed by atoms with Gasteiger partial charge in [0.15, 0.2) is 0 Å². The molecule has 1 atom stereocenters. The van der Waals surface area contributed by atoms with Crippen molar-refractivity contribution in [3.63, 3.8) is 0 Å². The van der Waals surface area contributed by atoms with Crippen LogP contribution in [0.15, 0.2) is 18.2 Å². The van der Waals surface area contributed by atoms with Crippen LogP contribution < -0.4 is 4.90 Å².